The van der Waals surface area contributed by atoms with Crippen molar-refractivity contribution >= 4 is 27.5 Å². The van der Waals surface area contributed by atoms with Crippen LogP contribution in [0.25, 0.3) is 0 Å². The molecule has 3 nitrogen and oxygen atoms in total. The Balaban J connectivity index is 2.19. The molecule has 0 radical (unpaired) electrons. The van der Waals surface area contributed by atoms with Crippen LogP contribution < -0.4 is 10.6 Å². The van der Waals surface area contributed by atoms with Crippen LogP contribution in [-0.2, 0) is 4.79 Å². The second kappa shape index (κ2) is 5.41. The van der Waals surface area contributed by atoms with Crippen molar-refractivity contribution in [3.8, 4) is 0 Å². The minimum absolute atomic E-state index is 0.120. The van der Waals surface area contributed by atoms with E-state index in [2.05, 4.69) is 40.4 Å². The zero-order valence-electron chi connectivity index (χ0n) is 10.8. The summed E-state index contributed by atoms with van der Waals surface area (Å²) in [5.41, 5.74) is 0.560. The molecule has 2 rings (SSSR count). The monoisotopic (exact) mass is 310 g/mol. The zero-order valence-corrected chi connectivity index (χ0v) is 12.4. The normalized spacial score (nSPS) is 23.3. The van der Waals surface area contributed by atoms with Crippen LogP contribution in [-0.4, -0.2) is 19.0 Å². The summed E-state index contributed by atoms with van der Waals surface area (Å²) in [6.45, 7) is 5.92. The van der Waals surface area contributed by atoms with Crippen LogP contribution in [0.1, 0.15) is 20.3 Å². The first-order valence-electron chi connectivity index (χ1n) is 6.33. The Hall–Kier alpha value is -0.870. The van der Waals surface area contributed by atoms with Crippen LogP contribution in [0, 0.1) is 11.3 Å². The van der Waals surface area contributed by atoms with E-state index in [1.807, 2.05) is 24.3 Å². The van der Waals surface area contributed by atoms with Crippen LogP contribution in [0.15, 0.2) is 28.7 Å². The quantitative estimate of drug-likeness (QED) is 0.901. The molecule has 1 saturated heterocycles. The van der Waals surface area contributed by atoms with Gasteiger partial charge >= 0.3 is 0 Å². The highest BCUT2D eigenvalue weighted by atomic mass is 79.9. The second-order valence-corrected chi connectivity index (χ2v) is 6.03. The Kier molecular flexibility index (Phi) is 4.07. The number of benzene rings is 1. The van der Waals surface area contributed by atoms with Gasteiger partial charge in [-0.3, -0.25) is 4.79 Å². The van der Waals surface area contributed by atoms with Crippen molar-refractivity contribution in [1.29, 1.82) is 0 Å². The molecule has 1 aliphatic heterocycles. The van der Waals surface area contributed by atoms with E-state index in [0.29, 0.717) is 5.92 Å². The number of hydrogen-bond donors (Lipinski definition) is 2. The molecule has 0 spiro atoms. The van der Waals surface area contributed by atoms with E-state index in [1.54, 1.807) is 0 Å². The van der Waals surface area contributed by atoms with Gasteiger partial charge in [-0.15, -0.1) is 0 Å². The number of carbonyl (C=O) groups excluding carboxylic acids is 1. The third-order valence-corrected chi connectivity index (χ3v) is 4.56. The van der Waals surface area contributed by atoms with E-state index in [1.165, 1.54) is 0 Å². The fourth-order valence-electron chi connectivity index (χ4n) is 2.47. The lowest BCUT2D eigenvalue weighted by molar-refractivity contribution is -0.126. The summed E-state index contributed by atoms with van der Waals surface area (Å²) in [4.78, 5) is 12.6. The predicted octanol–water partition coefficient (Wildman–Crippen LogP) is 3.02. The van der Waals surface area contributed by atoms with Crippen LogP contribution in [0.2, 0.25) is 0 Å². The van der Waals surface area contributed by atoms with Crippen LogP contribution in [0.4, 0.5) is 5.69 Å². The van der Waals surface area contributed by atoms with Gasteiger partial charge in [0.05, 0.1) is 11.1 Å². The molecule has 1 aromatic carbocycles. The van der Waals surface area contributed by atoms with E-state index in [4.69, 9.17) is 0 Å². The van der Waals surface area contributed by atoms with Gasteiger partial charge in [0.1, 0.15) is 0 Å². The highest BCUT2D eigenvalue weighted by Gasteiger charge is 2.43. The minimum Gasteiger partial charge on any atom is -0.325 e. The maximum absolute atomic E-state index is 12.6. The number of hydrogen-bond acceptors (Lipinski definition) is 2. The molecule has 1 atom stereocenters. The molecule has 1 heterocycles. The molecule has 4 heteroatoms. The maximum atomic E-state index is 12.6. The Bertz CT molecular complexity index is 439. The van der Waals surface area contributed by atoms with Gasteiger partial charge in [0, 0.05) is 11.0 Å². The number of carbonyl (C=O) groups is 1. The molecule has 1 fully saturated rings. The van der Waals surface area contributed by atoms with Crippen LogP contribution in [0.3, 0.4) is 0 Å². The predicted molar refractivity (Wildman–Crippen MR) is 77.5 cm³/mol. The first kappa shape index (κ1) is 13.6. The Morgan fingerprint density at radius 2 is 2.17 bits per heavy atom. The SMILES string of the molecule is CC(C)C1(C(=O)Nc2ccccc2Br)CCNC1. The largest absolute Gasteiger partial charge is 0.325 e. The molecule has 0 aromatic heterocycles. The Morgan fingerprint density at radius 3 is 2.72 bits per heavy atom. The molecule has 18 heavy (non-hydrogen) atoms. The summed E-state index contributed by atoms with van der Waals surface area (Å²) in [5, 5.41) is 6.35. The van der Waals surface area contributed by atoms with Crippen LogP contribution >= 0.6 is 15.9 Å². The lowest BCUT2D eigenvalue weighted by Crippen LogP contribution is -2.42. The average molecular weight is 311 g/mol. The molecule has 2 N–H and O–H groups in total. The number of rotatable bonds is 3. The summed E-state index contributed by atoms with van der Waals surface area (Å²) in [6, 6.07) is 7.72. The first-order chi connectivity index (χ1) is 8.56. The number of anilines is 1. The smallest absolute Gasteiger partial charge is 0.232 e. The lowest BCUT2D eigenvalue weighted by Gasteiger charge is -2.31. The van der Waals surface area contributed by atoms with Crippen molar-refractivity contribution < 1.29 is 4.79 Å². The van der Waals surface area contributed by atoms with Crippen molar-refractivity contribution in [2.75, 3.05) is 18.4 Å². The van der Waals surface area contributed by atoms with Gasteiger partial charge in [-0.2, -0.15) is 0 Å². The molecule has 98 valence electrons. The average Bonchev–Trinajstić information content (AvgIpc) is 2.82. The molecular formula is C14H19BrN2O. The Labute approximate surface area is 116 Å². The number of para-hydroxylation sites is 1. The van der Waals surface area contributed by atoms with E-state index in [9.17, 15) is 4.79 Å². The van der Waals surface area contributed by atoms with Crippen molar-refractivity contribution in [3.05, 3.63) is 28.7 Å². The molecule has 1 aliphatic rings. The molecule has 0 bridgehead atoms. The van der Waals surface area contributed by atoms with E-state index in [-0.39, 0.29) is 11.3 Å². The summed E-state index contributed by atoms with van der Waals surface area (Å²) in [7, 11) is 0. The first-order valence-corrected chi connectivity index (χ1v) is 7.12. The molecule has 1 amide bonds. The fraction of sp³-hybridized carbons (Fsp3) is 0.500. The minimum atomic E-state index is -0.282. The number of amides is 1. The van der Waals surface area contributed by atoms with E-state index >= 15 is 0 Å². The topological polar surface area (TPSA) is 41.1 Å². The third-order valence-electron chi connectivity index (χ3n) is 3.87. The van der Waals surface area contributed by atoms with Crippen molar-refractivity contribution in [2.45, 2.75) is 20.3 Å². The molecule has 1 aromatic rings. The molecule has 0 aliphatic carbocycles. The maximum Gasteiger partial charge on any atom is 0.232 e. The van der Waals surface area contributed by atoms with Gasteiger partial charge < -0.3 is 10.6 Å². The van der Waals surface area contributed by atoms with Gasteiger partial charge in [-0.05, 0) is 46.9 Å². The Morgan fingerprint density at radius 1 is 1.44 bits per heavy atom. The van der Waals surface area contributed by atoms with Crippen molar-refractivity contribution in [3.63, 3.8) is 0 Å². The highest BCUT2D eigenvalue weighted by molar-refractivity contribution is 9.10. The van der Waals surface area contributed by atoms with Gasteiger partial charge in [-0.1, -0.05) is 26.0 Å². The van der Waals surface area contributed by atoms with Crippen molar-refractivity contribution in [1.82, 2.24) is 5.32 Å². The third kappa shape index (κ3) is 2.45. The number of nitrogens with one attached hydrogen (secondary N) is 2. The van der Waals surface area contributed by atoms with Gasteiger partial charge in [-0.25, -0.2) is 0 Å². The summed E-state index contributed by atoms with van der Waals surface area (Å²) >= 11 is 3.46. The standard InChI is InChI=1S/C14H19BrN2O/c1-10(2)14(7-8-16-9-14)13(18)17-12-6-4-3-5-11(12)15/h3-6,10,16H,7-9H2,1-2H3,(H,17,18). The van der Waals surface area contributed by atoms with Gasteiger partial charge in [0.25, 0.3) is 0 Å². The van der Waals surface area contributed by atoms with Crippen molar-refractivity contribution in [2.24, 2.45) is 11.3 Å². The highest BCUT2D eigenvalue weighted by Crippen LogP contribution is 2.36. The molecule has 1 unspecified atom stereocenters. The zero-order chi connectivity index (χ0) is 13.2. The van der Waals surface area contributed by atoms with Gasteiger partial charge in [0.15, 0.2) is 0 Å². The second-order valence-electron chi connectivity index (χ2n) is 5.17. The van der Waals surface area contributed by atoms with E-state index in [0.717, 1.165) is 29.7 Å². The molecule has 0 saturated carbocycles. The summed E-state index contributed by atoms with van der Waals surface area (Å²) < 4.78 is 0.920. The van der Waals surface area contributed by atoms with Gasteiger partial charge in [0.2, 0.25) is 5.91 Å². The van der Waals surface area contributed by atoms with E-state index < -0.39 is 0 Å². The lowest BCUT2D eigenvalue weighted by atomic mass is 9.75. The summed E-state index contributed by atoms with van der Waals surface area (Å²) in [6.07, 6.45) is 0.904. The summed E-state index contributed by atoms with van der Waals surface area (Å²) in [5.74, 6) is 0.449. The molecular weight excluding hydrogens is 292 g/mol. The number of halogens is 1. The fourth-order valence-corrected chi connectivity index (χ4v) is 2.85. The van der Waals surface area contributed by atoms with Crippen LogP contribution in [0.5, 0.6) is 0 Å².